The van der Waals surface area contributed by atoms with Crippen molar-refractivity contribution in [3.8, 4) is 0 Å². The molecule has 0 fully saturated rings. The fourth-order valence-electron chi connectivity index (χ4n) is 6.64. The van der Waals surface area contributed by atoms with Crippen LogP contribution in [0.25, 0.3) is 5.57 Å². The Bertz CT molecular complexity index is 1650. The zero-order chi connectivity index (χ0) is 29.9. The van der Waals surface area contributed by atoms with Crippen molar-refractivity contribution >= 4 is 47.9 Å². The first kappa shape index (κ1) is 29.5. The molecule has 1 aliphatic rings. The van der Waals surface area contributed by atoms with E-state index in [4.69, 9.17) is 0 Å². The highest BCUT2D eigenvalue weighted by molar-refractivity contribution is 7.80. The molecule has 1 unspecified atom stereocenters. The molecular weight excluding hydrogens is 554 g/mol. The summed E-state index contributed by atoms with van der Waals surface area (Å²) < 4.78 is 0. The van der Waals surface area contributed by atoms with Crippen LogP contribution in [0.4, 0.5) is 0 Å². The molecule has 5 aromatic carbocycles. The van der Waals surface area contributed by atoms with Gasteiger partial charge in [0, 0.05) is 5.92 Å². The lowest BCUT2D eigenvalue weighted by atomic mass is 9.93. The molecule has 6 rings (SSSR count). The van der Waals surface area contributed by atoms with E-state index in [2.05, 4.69) is 174 Å². The van der Waals surface area contributed by atoms with Crippen molar-refractivity contribution in [1.82, 2.24) is 0 Å². The Kier molecular flexibility index (Phi) is 8.90. The molecule has 2 atom stereocenters. The van der Waals surface area contributed by atoms with Crippen molar-refractivity contribution in [2.45, 2.75) is 40.3 Å². The van der Waals surface area contributed by atoms with Crippen LogP contribution in [0, 0.1) is 33.6 Å². The molecular formula is C41H40P2. The summed E-state index contributed by atoms with van der Waals surface area (Å²) in [5, 5.41) is 7.17. The lowest BCUT2D eigenvalue weighted by Gasteiger charge is -2.33. The fraction of sp³-hybridized carbons (Fsp3) is 0.171. The van der Waals surface area contributed by atoms with E-state index in [1.165, 1.54) is 59.9 Å². The van der Waals surface area contributed by atoms with Gasteiger partial charge in [-0.2, -0.15) is 0 Å². The first-order valence-corrected chi connectivity index (χ1v) is 18.0. The summed E-state index contributed by atoms with van der Waals surface area (Å²) in [7, 11) is -1.31. The smallest absolute Gasteiger partial charge is 0.00982 e. The van der Waals surface area contributed by atoms with E-state index >= 15 is 0 Å². The van der Waals surface area contributed by atoms with E-state index in [1.54, 1.807) is 0 Å². The van der Waals surface area contributed by atoms with Gasteiger partial charge in [-0.3, -0.25) is 0 Å². The van der Waals surface area contributed by atoms with Gasteiger partial charge in [0.25, 0.3) is 0 Å². The third kappa shape index (κ3) is 6.38. The normalized spacial score (nSPS) is 15.2. The monoisotopic (exact) mass is 594 g/mol. The summed E-state index contributed by atoms with van der Waals surface area (Å²) in [5.41, 5.74) is 8.65. The minimum atomic E-state index is -0.705. The average molecular weight is 595 g/mol. The number of aryl methyl sites for hydroxylation is 4. The third-order valence-corrected chi connectivity index (χ3v) is 13.6. The molecule has 0 saturated heterocycles. The molecule has 0 nitrogen and oxygen atoms in total. The first-order chi connectivity index (χ1) is 20.9. The van der Waals surface area contributed by atoms with Gasteiger partial charge in [0.1, 0.15) is 0 Å². The van der Waals surface area contributed by atoms with Crippen molar-refractivity contribution in [2.24, 2.45) is 5.92 Å². The van der Waals surface area contributed by atoms with Gasteiger partial charge >= 0.3 is 0 Å². The number of rotatable bonds is 8. The van der Waals surface area contributed by atoms with Crippen LogP contribution in [0.1, 0.15) is 34.7 Å². The molecule has 0 amide bonds. The van der Waals surface area contributed by atoms with Gasteiger partial charge < -0.3 is 0 Å². The van der Waals surface area contributed by atoms with E-state index in [0.717, 1.165) is 0 Å². The largest absolute Gasteiger partial charge is 0.0763 e. The minimum Gasteiger partial charge on any atom is -0.0763 e. The van der Waals surface area contributed by atoms with Crippen LogP contribution < -0.4 is 26.5 Å². The van der Waals surface area contributed by atoms with Crippen molar-refractivity contribution in [3.63, 3.8) is 0 Å². The number of hydrogen-bond donors (Lipinski definition) is 0. The van der Waals surface area contributed by atoms with E-state index in [9.17, 15) is 0 Å². The van der Waals surface area contributed by atoms with Gasteiger partial charge in [0.05, 0.1) is 0 Å². The summed E-state index contributed by atoms with van der Waals surface area (Å²) in [6.07, 6.45) is 7.15. The van der Waals surface area contributed by atoms with Crippen LogP contribution in [0.5, 0.6) is 0 Å². The number of hydrogen-bond acceptors (Lipinski definition) is 0. The second-order valence-corrected chi connectivity index (χ2v) is 16.6. The second-order valence-electron chi connectivity index (χ2n) is 11.9. The lowest BCUT2D eigenvalue weighted by Crippen LogP contribution is -2.28. The Labute approximate surface area is 260 Å². The lowest BCUT2D eigenvalue weighted by molar-refractivity contribution is 0.817. The highest BCUT2D eigenvalue weighted by atomic mass is 31.1. The maximum Gasteiger partial charge on any atom is 0.00982 e. The molecule has 2 heteroatoms. The van der Waals surface area contributed by atoms with Gasteiger partial charge in [-0.25, -0.2) is 0 Å². The summed E-state index contributed by atoms with van der Waals surface area (Å²) >= 11 is 0. The number of benzene rings is 5. The van der Waals surface area contributed by atoms with E-state index < -0.39 is 15.8 Å². The summed E-state index contributed by atoms with van der Waals surface area (Å²) in [4.78, 5) is 0. The first-order valence-electron chi connectivity index (χ1n) is 15.2. The molecule has 0 aliphatic heterocycles. The second kappa shape index (κ2) is 13.0. The van der Waals surface area contributed by atoms with Crippen molar-refractivity contribution in [2.75, 3.05) is 0 Å². The standard InChI is InChI=1S/C41H40P2/c1-29-23-30(2)26-36(25-29)42(37-27-31(3)24-32(4)28-37)33(5)38-20-14-21-39(38)40-19-12-13-22-41(40)43(34-15-8-6-9-16-34)35-17-10-7-11-18-35/h6-28,33,38H,1-5H3/t33-,38?/m1/s1. The van der Waals surface area contributed by atoms with E-state index in [-0.39, 0.29) is 0 Å². The van der Waals surface area contributed by atoms with E-state index in [0.29, 0.717) is 11.6 Å². The van der Waals surface area contributed by atoms with Gasteiger partial charge in [0.2, 0.25) is 0 Å². The zero-order valence-electron chi connectivity index (χ0n) is 25.8. The van der Waals surface area contributed by atoms with Crippen LogP contribution in [0.3, 0.4) is 0 Å². The maximum absolute atomic E-state index is 2.50. The SMILES string of the molecule is Cc1cc(C)cc(P(c2cc(C)cc(C)c2)[C@H](C)C2C=CC=C2c2ccccc2P(c2ccccc2)c2ccccc2)c1. The molecule has 1 aliphatic carbocycles. The Hall–Kier alpha value is -3.56. The van der Waals surface area contributed by atoms with Crippen molar-refractivity contribution in [3.05, 3.63) is 167 Å². The highest BCUT2D eigenvalue weighted by Crippen LogP contribution is 2.49. The molecule has 5 aromatic rings. The van der Waals surface area contributed by atoms with Crippen LogP contribution in [-0.4, -0.2) is 5.66 Å². The van der Waals surface area contributed by atoms with Crippen LogP contribution in [0.15, 0.2) is 140 Å². The van der Waals surface area contributed by atoms with Crippen molar-refractivity contribution in [1.29, 1.82) is 0 Å². The minimum absolute atomic E-state index is 0.331. The summed E-state index contributed by atoms with van der Waals surface area (Å²) in [6, 6.07) is 45.7. The molecule has 0 radical (unpaired) electrons. The molecule has 0 N–H and O–H groups in total. The molecule has 43 heavy (non-hydrogen) atoms. The predicted octanol–water partition coefficient (Wildman–Crippen LogP) is 8.77. The quantitative estimate of drug-likeness (QED) is 0.158. The highest BCUT2D eigenvalue weighted by Gasteiger charge is 2.33. The Balaban J connectivity index is 1.46. The Morgan fingerprint density at radius 1 is 0.535 bits per heavy atom. The molecule has 0 bridgehead atoms. The molecule has 0 spiro atoms. The third-order valence-electron chi connectivity index (χ3n) is 8.33. The molecule has 0 saturated carbocycles. The van der Waals surface area contributed by atoms with E-state index in [1.807, 2.05) is 0 Å². The van der Waals surface area contributed by atoms with Crippen LogP contribution >= 0.6 is 15.8 Å². The fourth-order valence-corrected chi connectivity index (χ4v) is 12.3. The molecule has 0 heterocycles. The van der Waals surface area contributed by atoms with Gasteiger partial charge in [-0.1, -0.05) is 169 Å². The zero-order valence-corrected chi connectivity index (χ0v) is 27.6. The maximum atomic E-state index is 2.50. The number of allylic oxidation sites excluding steroid dienone is 4. The molecule has 214 valence electrons. The Morgan fingerprint density at radius 3 is 1.51 bits per heavy atom. The van der Waals surface area contributed by atoms with Crippen LogP contribution in [-0.2, 0) is 0 Å². The average Bonchev–Trinajstić information content (AvgIpc) is 3.48. The summed E-state index contributed by atoms with van der Waals surface area (Å²) in [6.45, 7) is 11.5. The Morgan fingerprint density at radius 2 is 1.00 bits per heavy atom. The van der Waals surface area contributed by atoms with Gasteiger partial charge in [-0.05, 0) is 86.9 Å². The van der Waals surface area contributed by atoms with Crippen molar-refractivity contribution < 1.29 is 0 Å². The topological polar surface area (TPSA) is 0 Å². The molecule has 0 aromatic heterocycles. The predicted molar refractivity (Wildman–Crippen MR) is 193 cm³/mol. The van der Waals surface area contributed by atoms with Gasteiger partial charge in [-0.15, -0.1) is 0 Å². The summed E-state index contributed by atoms with van der Waals surface area (Å²) in [5.74, 6) is 0.331. The van der Waals surface area contributed by atoms with Gasteiger partial charge in [0.15, 0.2) is 0 Å². The van der Waals surface area contributed by atoms with Crippen LogP contribution in [0.2, 0.25) is 0 Å².